The van der Waals surface area contributed by atoms with Crippen molar-refractivity contribution in [1.82, 2.24) is 4.72 Å². The molecule has 9 heteroatoms. The molecule has 0 unspecified atom stereocenters. The molecule has 1 rings (SSSR count). The molecule has 7 nitrogen and oxygen atoms in total. The summed E-state index contributed by atoms with van der Waals surface area (Å²) < 4.78 is 46.7. The number of nitrogens with one attached hydrogen (secondary N) is 1. The van der Waals surface area contributed by atoms with Gasteiger partial charge in [0.1, 0.15) is 0 Å². The zero-order valence-corrected chi connectivity index (χ0v) is 11.5. The van der Waals surface area contributed by atoms with Crippen LogP contribution >= 0.6 is 0 Å². The highest BCUT2D eigenvalue weighted by Gasteiger charge is 2.12. The molecule has 104 valence electrons. The zero-order chi connectivity index (χ0) is 14.5. The van der Waals surface area contributed by atoms with Gasteiger partial charge in [0, 0.05) is 6.54 Å². The maximum Gasteiger partial charge on any atom is 0.215 e. The Balaban J connectivity index is 2.61. The summed E-state index contributed by atoms with van der Waals surface area (Å²) in [7, 11) is -7.32. The van der Waals surface area contributed by atoms with Crippen molar-refractivity contribution >= 4 is 20.0 Å². The van der Waals surface area contributed by atoms with Crippen LogP contribution in [0.3, 0.4) is 0 Å². The van der Waals surface area contributed by atoms with E-state index in [-0.39, 0.29) is 12.3 Å². The van der Waals surface area contributed by atoms with E-state index in [0.717, 1.165) is 0 Å². The summed E-state index contributed by atoms with van der Waals surface area (Å²) >= 11 is 0. The normalized spacial score (nSPS) is 12.0. The number of hydrogen-bond donors (Lipinski definition) is 2. The Kier molecular flexibility index (Phi) is 5.02. The summed E-state index contributed by atoms with van der Waals surface area (Å²) in [6.45, 7) is -0.266. The van der Waals surface area contributed by atoms with Gasteiger partial charge in [-0.1, -0.05) is 12.1 Å². The zero-order valence-electron chi connectivity index (χ0n) is 9.90. The van der Waals surface area contributed by atoms with Gasteiger partial charge in [0.25, 0.3) is 0 Å². The Morgan fingerprint density at radius 3 is 2.21 bits per heavy atom. The fourth-order valence-corrected chi connectivity index (χ4v) is 2.95. The molecule has 0 atom stereocenters. The number of nitrogens with zero attached hydrogens (tertiary/aromatic N) is 1. The molecule has 0 fully saturated rings. The second-order valence-electron chi connectivity index (χ2n) is 3.83. The van der Waals surface area contributed by atoms with E-state index >= 15 is 0 Å². The van der Waals surface area contributed by atoms with Gasteiger partial charge in [-0.3, -0.25) is 0 Å². The first kappa shape index (κ1) is 15.6. The first-order valence-electron chi connectivity index (χ1n) is 5.19. The van der Waals surface area contributed by atoms with Crippen molar-refractivity contribution in [3.63, 3.8) is 0 Å². The third kappa shape index (κ3) is 6.30. The SMILES string of the molecule is N#Cc1ccc(CS(=O)(=O)NCCS(N)(=O)=O)cc1. The Morgan fingerprint density at radius 2 is 1.74 bits per heavy atom. The van der Waals surface area contributed by atoms with Crippen LogP contribution in [0.2, 0.25) is 0 Å². The minimum atomic E-state index is -3.69. The second-order valence-corrected chi connectivity index (χ2v) is 7.37. The first-order chi connectivity index (χ1) is 8.72. The number of primary sulfonamides is 1. The van der Waals surface area contributed by atoms with Gasteiger partial charge < -0.3 is 0 Å². The smallest absolute Gasteiger partial charge is 0.215 e. The number of benzene rings is 1. The first-order valence-corrected chi connectivity index (χ1v) is 8.55. The standard InChI is InChI=1S/C10H13N3O4S2/c11-7-9-1-3-10(4-2-9)8-19(16,17)13-5-6-18(12,14)15/h1-4,13H,5-6,8H2,(H2,12,14,15). The van der Waals surface area contributed by atoms with Gasteiger partial charge >= 0.3 is 0 Å². The predicted molar refractivity (Wildman–Crippen MR) is 69.8 cm³/mol. The lowest BCUT2D eigenvalue weighted by Crippen LogP contribution is -2.32. The van der Waals surface area contributed by atoms with E-state index < -0.39 is 25.8 Å². The van der Waals surface area contributed by atoms with Crippen molar-refractivity contribution in [3.05, 3.63) is 35.4 Å². The number of sulfonamides is 2. The van der Waals surface area contributed by atoms with Crippen molar-refractivity contribution in [2.45, 2.75) is 5.75 Å². The monoisotopic (exact) mass is 303 g/mol. The van der Waals surface area contributed by atoms with Gasteiger partial charge in [-0.15, -0.1) is 0 Å². The van der Waals surface area contributed by atoms with Gasteiger partial charge in [-0.25, -0.2) is 26.7 Å². The van der Waals surface area contributed by atoms with Crippen LogP contribution in [0.4, 0.5) is 0 Å². The molecule has 1 aromatic rings. The van der Waals surface area contributed by atoms with Gasteiger partial charge in [-0.2, -0.15) is 5.26 Å². The summed E-state index contributed by atoms with van der Waals surface area (Å²) in [5.74, 6) is -0.747. The minimum absolute atomic E-state index is 0.266. The molecule has 0 saturated carbocycles. The second kappa shape index (κ2) is 6.12. The number of rotatable bonds is 6. The third-order valence-corrected chi connectivity index (χ3v) is 4.28. The summed E-state index contributed by atoms with van der Waals surface area (Å²) in [5, 5.41) is 13.4. The summed E-state index contributed by atoms with van der Waals surface area (Å²) in [5.41, 5.74) is 0.936. The van der Waals surface area contributed by atoms with Gasteiger partial charge in [0.05, 0.1) is 23.1 Å². The average molecular weight is 303 g/mol. The highest BCUT2D eigenvalue weighted by atomic mass is 32.2. The van der Waals surface area contributed by atoms with E-state index in [0.29, 0.717) is 11.1 Å². The molecule has 0 saturated heterocycles. The van der Waals surface area contributed by atoms with Crippen LogP contribution in [0.15, 0.2) is 24.3 Å². The number of hydrogen-bond acceptors (Lipinski definition) is 5. The lowest BCUT2D eigenvalue weighted by Gasteiger charge is -2.06. The molecule has 0 bridgehead atoms. The Morgan fingerprint density at radius 1 is 1.16 bits per heavy atom. The predicted octanol–water partition coefficient (Wildman–Crippen LogP) is -0.734. The van der Waals surface area contributed by atoms with Crippen LogP contribution in [0.5, 0.6) is 0 Å². The minimum Gasteiger partial charge on any atom is -0.229 e. The van der Waals surface area contributed by atoms with Crippen molar-refractivity contribution in [2.24, 2.45) is 5.14 Å². The topological polar surface area (TPSA) is 130 Å². The highest BCUT2D eigenvalue weighted by molar-refractivity contribution is 7.89. The molecular formula is C10H13N3O4S2. The summed E-state index contributed by atoms with van der Waals surface area (Å²) in [6.07, 6.45) is 0. The van der Waals surface area contributed by atoms with Crippen LogP contribution in [0, 0.1) is 11.3 Å². The average Bonchev–Trinajstić information content (AvgIpc) is 2.27. The maximum absolute atomic E-state index is 11.6. The summed E-state index contributed by atoms with van der Waals surface area (Å²) in [6, 6.07) is 7.99. The lowest BCUT2D eigenvalue weighted by atomic mass is 10.2. The van der Waals surface area contributed by atoms with E-state index in [2.05, 4.69) is 4.72 Å². The molecular weight excluding hydrogens is 290 g/mol. The van der Waals surface area contributed by atoms with Crippen LogP contribution in [0.1, 0.15) is 11.1 Å². The largest absolute Gasteiger partial charge is 0.229 e. The molecule has 1 aromatic carbocycles. The maximum atomic E-state index is 11.6. The number of nitrogens with two attached hydrogens (primary N) is 1. The Hall–Kier alpha value is -1.47. The van der Waals surface area contributed by atoms with Crippen molar-refractivity contribution < 1.29 is 16.8 Å². The molecule has 0 aromatic heterocycles. The highest BCUT2D eigenvalue weighted by Crippen LogP contribution is 2.06. The van der Waals surface area contributed by atoms with Crippen LogP contribution in [-0.2, 0) is 25.8 Å². The van der Waals surface area contributed by atoms with E-state index in [4.69, 9.17) is 10.4 Å². The van der Waals surface area contributed by atoms with Crippen LogP contribution < -0.4 is 9.86 Å². The molecule has 0 heterocycles. The molecule has 0 amide bonds. The van der Waals surface area contributed by atoms with Gasteiger partial charge in [0.15, 0.2) is 0 Å². The molecule has 19 heavy (non-hydrogen) atoms. The molecule has 0 radical (unpaired) electrons. The Labute approximate surface area is 112 Å². The van der Waals surface area contributed by atoms with E-state index in [1.807, 2.05) is 6.07 Å². The van der Waals surface area contributed by atoms with Crippen LogP contribution in [0.25, 0.3) is 0 Å². The fraction of sp³-hybridized carbons (Fsp3) is 0.300. The lowest BCUT2D eigenvalue weighted by molar-refractivity contribution is 0.580. The fourth-order valence-electron chi connectivity index (χ4n) is 1.29. The van der Waals surface area contributed by atoms with Crippen molar-refractivity contribution in [3.8, 4) is 6.07 Å². The molecule has 0 aliphatic heterocycles. The molecule has 0 aliphatic rings. The summed E-state index contributed by atoms with van der Waals surface area (Å²) in [4.78, 5) is 0. The molecule has 0 spiro atoms. The molecule has 3 N–H and O–H groups in total. The van der Waals surface area contributed by atoms with Gasteiger partial charge in [0.2, 0.25) is 20.0 Å². The van der Waals surface area contributed by atoms with Gasteiger partial charge in [-0.05, 0) is 17.7 Å². The van der Waals surface area contributed by atoms with Crippen LogP contribution in [-0.4, -0.2) is 29.1 Å². The quantitative estimate of drug-likeness (QED) is 0.715. The third-order valence-electron chi connectivity index (χ3n) is 2.15. The molecule has 0 aliphatic carbocycles. The van der Waals surface area contributed by atoms with E-state index in [1.165, 1.54) is 24.3 Å². The van der Waals surface area contributed by atoms with E-state index in [1.54, 1.807) is 0 Å². The van der Waals surface area contributed by atoms with Crippen molar-refractivity contribution in [1.29, 1.82) is 5.26 Å². The number of nitriles is 1. The van der Waals surface area contributed by atoms with Crippen molar-refractivity contribution in [2.75, 3.05) is 12.3 Å². The Bertz CT molecular complexity index is 672. The van der Waals surface area contributed by atoms with E-state index in [9.17, 15) is 16.8 Å².